The van der Waals surface area contributed by atoms with Crippen LogP contribution >= 0.6 is 11.3 Å². The summed E-state index contributed by atoms with van der Waals surface area (Å²) in [6.45, 7) is 2.35. The van der Waals surface area contributed by atoms with Crippen LogP contribution in [-0.4, -0.2) is 47.1 Å². The van der Waals surface area contributed by atoms with Crippen LogP contribution in [0.4, 0.5) is 0 Å². The van der Waals surface area contributed by atoms with Gasteiger partial charge in [-0.3, -0.25) is 9.59 Å². The molecule has 1 N–H and O–H groups in total. The number of carbonyl (C=O) groups is 2. The van der Waals surface area contributed by atoms with Crippen LogP contribution in [-0.2, 0) is 4.79 Å². The number of hydrogen-bond donors (Lipinski definition) is 1. The molecule has 0 aliphatic carbocycles. The summed E-state index contributed by atoms with van der Waals surface area (Å²) in [7, 11) is 1.56. The van der Waals surface area contributed by atoms with Gasteiger partial charge < -0.3 is 14.7 Å². The number of benzene rings is 1. The molecular formula is C17H18N2O4S. The van der Waals surface area contributed by atoms with Crippen LogP contribution in [0, 0.1) is 12.8 Å². The predicted molar refractivity (Wildman–Crippen MR) is 89.6 cm³/mol. The van der Waals surface area contributed by atoms with Gasteiger partial charge in [-0.25, -0.2) is 4.98 Å². The van der Waals surface area contributed by atoms with Gasteiger partial charge in [-0.1, -0.05) is 18.2 Å². The van der Waals surface area contributed by atoms with Crippen LogP contribution in [0.2, 0.25) is 0 Å². The number of rotatable bonds is 4. The second kappa shape index (κ2) is 6.60. The van der Waals surface area contributed by atoms with Gasteiger partial charge in [0, 0.05) is 24.4 Å². The Balaban J connectivity index is 1.90. The zero-order valence-corrected chi connectivity index (χ0v) is 14.2. The van der Waals surface area contributed by atoms with Crippen molar-refractivity contribution < 1.29 is 19.4 Å². The highest BCUT2D eigenvalue weighted by Gasteiger charge is 2.42. The Labute approximate surface area is 143 Å². The Morgan fingerprint density at radius 1 is 1.33 bits per heavy atom. The molecule has 6 nitrogen and oxygen atoms in total. The quantitative estimate of drug-likeness (QED) is 0.919. The molecule has 24 heavy (non-hydrogen) atoms. The molecule has 0 unspecified atom stereocenters. The molecule has 0 saturated carbocycles. The van der Waals surface area contributed by atoms with Crippen LogP contribution in [0.3, 0.4) is 0 Å². The van der Waals surface area contributed by atoms with E-state index in [0.717, 1.165) is 10.6 Å². The second-order valence-corrected chi connectivity index (χ2v) is 6.82. The van der Waals surface area contributed by atoms with Crippen molar-refractivity contribution in [3.05, 3.63) is 45.9 Å². The van der Waals surface area contributed by atoms with E-state index in [1.165, 1.54) is 11.3 Å². The van der Waals surface area contributed by atoms with E-state index in [4.69, 9.17) is 4.74 Å². The molecule has 1 aliphatic heterocycles. The number of nitrogens with zero attached hydrogens (tertiary/aromatic N) is 2. The molecule has 0 bridgehead atoms. The van der Waals surface area contributed by atoms with Crippen molar-refractivity contribution in [2.24, 2.45) is 5.92 Å². The Hall–Kier alpha value is -2.41. The average molecular weight is 346 g/mol. The number of carbonyl (C=O) groups excluding carboxylic acids is 1. The van der Waals surface area contributed by atoms with Crippen LogP contribution in [0.1, 0.15) is 27.0 Å². The minimum Gasteiger partial charge on any atom is -0.496 e. The molecule has 0 radical (unpaired) electrons. The van der Waals surface area contributed by atoms with Crippen molar-refractivity contribution in [1.82, 2.24) is 9.88 Å². The van der Waals surface area contributed by atoms with E-state index in [9.17, 15) is 14.7 Å². The normalized spacial score (nSPS) is 20.2. The van der Waals surface area contributed by atoms with Crippen molar-refractivity contribution in [3.8, 4) is 5.75 Å². The van der Waals surface area contributed by atoms with E-state index in [2.05, 4.69) is 4.98 Å². The number of carboxylic acid groups (broad SMARTS) is 1. The Kier molecular flexibility index (Phi) is 4.53. The number of likely N-dealkylation sites (tertiary alicyclic amines) is 1. The molecule has 1 fully saturated rings. The van der Waals surface area contributed by atoms with Gasteiger partial charge in [-0.2, -0.15) is 0 Å². The summed E-state index contributed by atoms with van der Waals surface area (Å²) < 4.78 is 5.36. The molecule has 3 rings (SSSR count). The number of ether oxygens (including phenoxy) is 1. The lowest BCUT2D eigenvalue weighted by Gasteiger charge is -2.18. The maximum Gasteiger partial charge on any atom is 0.308 e. The van der Waals surface area contributed by atoms with Crippen molar-refractivity contribution in [2.75, 3.05) is 20.2 Å². The van der Waals surface area contributed by atoms with Crippen LogP contribution in [0.25, 0.3) is 0 Å². The molecule has 1 aromatic heterocycles. The molecule has 0 spiro atoms. The van der Waals surface area contributed by atoms with Crippen molar-refractivity contribution in [3.63, 3.8) is 0 Å². The molecule has 2 heterocycles. The number of aromatic nitrogens is 1. The van der Waals surface area contributed by atoms with Gasteiger partial charge in [0.15, 0.2) is 0 Å². The number of aryl methyl sites for hydroxylation is 1. The number of aliphatic carboxylic acids is 1. The van der Waals surface area contributed by atoms with E-state index in [0.29, 0.717) is 18.0 Å². The van der Waals surface area contributed by atoms with Crippen LogP contribution in [0.5, 0.6) is 5.75 Å². The van der Waals surface area contributed by atoms with Gasteiger partial charge in [0.1, 0.15) is 11.4 Å². The van der Waals surface area contributed by atoms with E-state index in [1.54, 1.807) is 17.4 Å². The smallest absolute Gasteiger partial charge is 0.308 e. The summed E-state index contributed by atoms with van der Waals surface area (Å²) in [5.74, 6) is -1.45. The first-order valence-electron chi connectivity index (χ1n) is 7.58. The summed E-state index contributed by atoms with van der Waals surface area (Å²) in [6.07, 6.45) is 0. The minimum atomic E-state index is -0.907. The molecule has 2 aromatic rings. The fourth-order valence-corrected chi connectivity index (χ4v) is 3.72. The largest absolute Gasteiger partial charge is 0.496 e. The van der Waals surface area contributed by atoms with Gasteiger partial charge in [-0.15, -0.1) is 11.3 Å². The fourth-order valence-electron chi connectivity index (χ4n) is 3.13. The zero-order chi connectivity index (χ0) is 17.3. The molecule has 1 amide bonds. The first kappa shape index (κ1) is 16.4. The Morgan fingerprint density at radius 2 is 2.08 bits per heavy atom. The third-order valence-corrected chi connectivity index (χ3v) is 5.07. The van der Waals surface area contributed by atoms with Crippen LogP contribution < -0.4 is 4.74 Å². The third-order valence-electron chi connectivity index (χ3n) is 4.30. The lowest BCUT2D eigenvalue weighted by atomic mass is 9.88. The standard InChI is InChI=1S/C17H18N2O4S/c1-10-18-14(9-24-10)16(20)19-7-12(13(8-19)17(21)22)11-5-3-4-6-15(11)23-2/h3-6,9,12-13H,7-8H2,1-2H3,(H,21,22)/t12-,13+/m1/s1. The van der Waals surface area contributed by atoms with Gasteiger partial charge in [0.2, 0.25) is 0 Å². The van der Waals surface area contributed by atoms with Crippen molar-refractivity contribution in [1.29, 1.82) is 0 Å². The second-order valence-electron chi connectivity index (χ2n) is 5.76. The lowest BCUT2D eigenvalue weighted by Crippen LogP contribution is -2.30. The highest BCUT2D eigenvalue weighted by Crippen LogP contribution is 2.38. The Morgan fingerprint density at radius 3 is 2.71 bits per heavy atom. The third kappa shape index (κ3) is 2.99. The van der Waals surface area contributed by atoms with E-state index >= 15 is 0 Å². The van der Waals surface area contributed by atoms with E-state index in [-0.39, 0.29) is 18.4 Å². The molecule has 1 aliphatic rings. The fraction of sp³-hybridized carbons (Fsp3) is 0.353. The summed E-state index contributed by atoms with van der Waals surface area (Å²) in [6, 6.07) is 7.36. The van der Waals surface area contributed by atoms with Gasteiger partial charge >= 0.3 is 5.97 Å². The summed E-state index contributed by atoms with van der Waals surface area (Å²) in [5.41, 5.74) is 1.19. The number of thiazole rings is 1. The van der Waals surface area contributed by atoms with Crippen molar-refractivity contribution in [2.45, 2.75) is 12.8 Å². The topological polar surface area (TPSA) is 79.7 Å². The van der Waals surface area contributed by atoms with Crippen molar-refractivity contribution >= 4 is 23.2 Å². The number of hydrogen-bond acceptors (Lipinski definition) is 5. The number of amides is 1. The Bertz CT molecular complexity index is 773. The van der Waals surface area contributed by atoms with Gasteiger partial charge in [0.05, 0.1) is 18.0 Å². The van der Waals surface area contributed by atoms with Gasteiger partial charge in [-0.05, 0) is 18.6 Å². The van der Waals surface area contributed by atoms with Crippen LogP contribution in [0.15, 0.2) is 29.6 Å². The van der Waals surface area contributed by atoms with Gasteiger partial charge in [0.25, 0.3) is 5.91 Å². The monoisotopic (exact) mass is 346 g/mol. The zero-order valence-electron chi connectivity index (χ0n) is 13.4. The molecular weight excluding hydrogens is 328 g/mol. The minimum absolute atomic E-state index is 0.174. The first-order valence-corrected chi connectivity index (χ1v) is 8.46. The van der Waals surface area contributed by atoms with E-state index < -0.39 is 11.9 Å². The molecule has 2 atom stereocenters. The maximum absolute atomic E-state index is 12.6. The summed E-state index contributed by atoms with van der Waals surface area (Å²) >= 11 is 1.41. The molecule has 1 saturated heterocycles. The molecule has 7 heteroatoms. The first-order chi connectivity index (χ1) is 11.5. The average Bonchev–Trinajstić information content (AvgIpc) is 3.20. The highest BCUT2D eigenvalue weighted by molar-refractivity contribution is 7.09. The molecule has 126 valence electrons. The maximum atomic E-state index is 12.6. The number of methoxy groups -OCH3 is 1. The number of carboxylic acids is 1. The molecule has 1 aromatic carbocycles. The summed E-state index contributed by atoms with van der Waals surface area (Å²) in [4.78, 5) is 30.1. The van der Waals surface area contributed by atoms with E-state index in [1.807, 2.05) is 31.2 Å². The summed E-state index contributed by atoms with van der Waals surface area (Å²) in [5, 5.41) is 12.1. The number of para-hydroxylation sites is 1. The highest BCUT2D eigenvalue weighted by atomic mass is 32.1. The SMILES string of the molecule is COc1ccccc1[C@H]1CN(C(=O)c2csc(C)n2)C[C@@H]1C(=O)O. The lowest BCUT2D eigenvalue weighted by molar-refractivity contribution is -0.141. The predicted octanol–water partition coefficient (Wildman–Crippen LogP) is 2.40.